The van der Waals surface area contributed by atoms with E-state index in [1.807, 2.05) is 12.1 Å². The van der Waals surface area contributed by atoms with E-state index in [0.29, 0.717) is 13.0 Å². The molecule has 18 heavy (non-hydrogen) atoms. The lowest BCUT2D eigenvalue weighted by Gasteiger charge is -2.35. The first-order valence-corrected chi connectivity index (χ1v) is 6.99. The van der Waals surface area contributed by atoms with Crippen LogP contribution in [0, 0.1) is 5.41 Å². The van der Waals surface area contributed by atoms with E-state index in [-0.39, 0.29) is 13.2 Å². The van der Waals surface area contributed by atoms with E-state index in [1.54, 1.807) is 11.3 Å². The lowest BCUT2D eigenvalue weighted by atomic mass is 9.85. The van der Waals surface area contributed by atoms with Crippen molar-refractivity contribution >= 4 is 39.1 Å². The molecule has 1 aliphatic rings. The molecule has 0 radical (unpaired) electrons. The second kappa shape index (κ2) is 5.38. The maximum absolute atomic E-state index is 11.8. The fraction of sp³-hybridized carbons (Fsp3) is 0.455. The first-order valence-electron chi connectivity index (χ1n) is 5.38. The maximum Gasteiger partial charge on any atom is 0.324 e. The monoisotopic (exact) mass is 333 g/mol. The summed E-state index contributed by atoms with van der Waals surface area (Å²) in [4.78, 5) is 24.0. The van der Waals surface area contributed by atoms with Gasteiger partial charge in [0, 0.05) is 11.4 Å². The molecule has 1 aliphatic heterocycles. The van der Waals surface area contributed by atoms with E-state index in [1.165, 1.54) is 0 Å². The second-order valence-electron chi connectivity index (χ2n) is 4.09. The molecule has 2 rings (SSSR count). The van der Waals surface area contributed by atoms with Crippen molar-refractivity contribution in [1.29, 1.82) is 0 Å². The average Bonchev–Trinajstić information content (AvgIpc) is 2.61. The summed E-state index contributed by atoms with van der Waals surface area (Å²) < 4.78 is 5.88. The zero-order valence-electron chi connectivity index (χ0n) is 9.44. The summed E-state index contributed by atoms with van der Waals surface area (Å²) >= 11 is 4.96. The number of halogens is 1. The van der Waals surface area contributed by atoms with Crippen LogP contribution in [0.3, 0.4) is 0 Å². The quantitative estimate of drug-likeness (QED) is 0.795. The number of carbonyl (C=O) groups is 2. The molecule has 0 aromatic carbocycles. The van der Waals surface area contributed by atoms with Gasteiger partial charge in [-0.1, -0.05) is 0 Å². The smallest absolute Gasteiger partial charge is 0.324 e. The number of ether oxygens (including phenoxy) is 1. The third-order valence-electron chi connectivity index (χ3n) is 2.83. The SMILES string of the molecule is O=C(O)C1(C(=O)NCCc2ccc(Br)s2)COC1. The molecule has 1 fully saturated rings. The molecule has 2 N–H and O–H groups in total. The third-order valence-corrected chi connectivity index (χ3v) is 4.51. The van der Waals surface area contributed by atoms with Crippen molar-refractivity contribution in [2.24, 2.45) is 5.41 Å². The maximum atomic E-state index is 11.8. The van der Waals surface area contributed by atoms with Crippen molar-refractivity contribution in [2.45, 2.75) is 6.42 Å². The van der Waals surface area contributed by atoms with Gasteiger partial charge in [-0.3, -0.25) is 9.59 Å². The van der Waals surface area contributed by atoms with Gasteiger partial charge < -0.3 is 15.2 Å². The predicted molar refractivity (Wildman–Crippen MR) is 69.6 cm³/mol. The van der Waals surface area contributed by atoms with Crippen LogP contribution >= 0.6 is 27.3 Å². The van der Waals surface area contributed by atoms with Gasteiger partial charge in [0.25, 0.3) is 0 Å². The molecular formula is C11H12BrNO4S. The largest absolute Gasteiger partial charge is 0.480 e. The molecule has 0 aliphatic carbocycles. The van der Waals surface area contributed by atoms with Crippen LogP contribution in [0.2, 0.25) is 0 Å². The zero-order valence-corrected chi connectivity index (χ0v) is 11.8. The molecule has 98 valence electrons. The third kappa shape index (κ3) is 2.57. The standard InChI is InChI=1S/C11H12BrNO4S/c12-8-2-1-7(18-8)3-4-13-9(14)11(10(15)16)5-17-6-11/h1-2H,3-6H2,(H,13,14)(H,15,16). The first-order chi connectivity index (χ1) is 8.54. The van der Waals surface area contributed by atoms with Gasteiger partial charge in [0.15, 0.2) is 5.41 Å². The lowest BCUT2D eigenvalue weighted by Crippen LogP contribution is -2.59. The Morgan fingerprint density at radius 1 is 1.50 bits per heavy atom. The van der Waals surface area contributed by atoms with E-state index < -0.39 is 17.3 Å². The summed E-state index contributed by atoms with van der Waals surface area (Å²) in [6.45, 7) is 0.345. The molecule has 1 saturated heterocycles. The van der Waals surface area contributed by atoms with Crippen molar-refractivity contribution in [3.05, 3.63) is 20.8 Å². The Bertz CT molecular complexity index is 469. The Morgan fingerprint density at radius 2 is 2.22 bits per heavy atom. The van der Waals surface area contributed by atoms with E-state index >= 15 is 0 Å². The number of hydrogen-bond donors (Lipinski definition) is 2. The molecule has 1 amide bonds. The lowest BCUT2D eigenvalue weighted by molar-refractivity contribution is -0.185. The Kier molecular flexibility index (Phi) is 4.04. The number of rotatable bonds is 5. The van der Waals surface area contributed by atoms with Crippen LogP contribution in [0.15, 0.2) is 15.9 Å². The minimum absolute atomic E-state index is 0.0429. The van der Waals surface area contributed by atoms with Gasteiger partial charge >= 0.3 is 5.97 Å². The number of carboxylic acids is 1. The summed E-state index contributed by atoms with van der Waals surface area (Å²) in [5, 5.41) is 11.7. The molecule has 0 saturated carbocycles. The van der Waals surface area contributed by atoms with Crippen LogP contribution in [-0.4, -0.2) is 36.7 Å². The van der Waals surface area contributed by atoms with Gasteiger partial charge in [0.05, 0.1) is 17.0 Å². The van der Waals surface area contributed by atoms with Crippen molar-refractivity contribution < 1.29 is 19.4 Å². The normalized spacial score (nSPS) is 16.9. The van der Waals surface area contributed by atoms with E-state index in [0.717, 1.165) is 8.66 Å². The van der Waals surface area contributed by atoms with Gasteiger partial charge in [-0.15, -0.1) is 11.3 Å². The molecular weight excluding hydrogens is 322 g/mol. The Morgan fingerprint density at radius 3 is 2.67 bits per heavy atom. The minimum Gasteiger partial charge on any atom is -0.480 e. The number of thiophene rings is 1. The van der Waals surface area contributed by atoms with Crippen LogP contribution in [0.1, 0.15) is 4.88 Å². The number of amides is 1. The highest BCUT2D eigenvalue weighted by Gasteiger charge is 2.53. The average molecular weight is 334 g/mol. The Labute approximate surface area is 116 Å². The molecule has 0 bridgehead atoms. The topological polar surface area (TPSA) is 75.6 Å². The molecule has 1 aromatic heterocycles. The summed E-state index contributed by atoms with van der Waals surface area (Å²) in [6, 6.07) is 3.92. The highest BCUT2D eigenvalue weighted by atomic mass is 79.9. The highest BCUT2D eigenvalue weighted by molar-refractivity contribution is 9.11. The van der Waals surface area contributed by atoms with Crippen molar-refractivity contribution in [3.8, 4) is 0 Å². The number of carboxylic acid groups (broad SMARTS) is 1. The van der Waals surface area contributed by atoms with Gasteiger partial charge in [-0.2, -0.15) is 0 Å². The van der Waals surface area contributed by atoms with Gasteiger partial charge in [0.1, 0.15) is 0 Å². The van der Waals surface area contributed by atoms with E-state index in [9.17, 15) is 9.59 Å². The van der Waals surface area contributed by atoms with Gasteiger partial charge in [-0.05, 0) is 34.5 Å². The number of carbonyl (C=O) groups excluding carboxylic acids is 1. The van der Waals surface area contributed by atoms with Crippen LogP contribution in [0.4, 0.5) is 0 Å². The fourth-order valence-electron chi connectivity index (χ4n) is 1.61. The van der Waals surface area contributed by atoms with Gasteiger partial charge in [0.2, 0.25) is 5.91 Å². The van der Waals surface area contributed by atoms with Crippen molar-refractivity contribution in [2.75, 3.05) is 19.8 Å². The molecule has 0 unspecified atom stereocenters. The van der Waals surface area contributed by atoms with E-state index in [4.69, 9.17) is 9.84 Å². The molecule has 1 aromatic rings. The first kappa shape index (κ1) is 13.5. The number of hydrogen-bond acceptors (Lipinski definition) is 4. The van der Waals surface area contributed by atoms with Gasteiger partial charge in [-0.25, -0.2) is 0 Å². The molecule has 2 heterocycles. The van der Waals surface area contributed by atoms with Crippen LogP contribution in [-0.2, 0) is 20.7 Å². The van der Waals surface area contributed by atoms with Crippen molar-refractivity contribution in [3.63, 3.8) is 0 Å². The van der Waals surface area contributed by atoms with Crippen LogP contribution in [0.5, 0.6) is 0 Å². The molecule has 0 spiro atoms. The number of nitrogens with one attached hydrogen (secondary N) is 1. The fourth-order valence-corrected chi connectivity index (χ4v) is 3.10. The summed E-state index contributed by atoms with van der Waals surface area (Å²) in [5.41, 5.74) is -1.38. The van der Waals surface area contributed by atoms with Crippen LogP contribution < -0.4 is 5.32 Å². The molecule has 0 atom stereocenters. The molecule has 5 nitrogen and oxygen atoms in total. The van der Waals surface area contributed by atoms with Crippen LogP contribution in [0.25, 0.3) is 0 Å². The molecule has 7 heteroatoms. The zero-order chi connectivity index (χ0) is 13.2. The summed E-state index contributed by atoms with van der Waals surface area (Å²) in [7, 11) is 0. The summed E-state index contributed by atoms with van der Waals surface area (Å²) in [5.74, 6) is -1.58. The van der Waals surface area contributed by atoms with Crippen molar-refractivity contribution in [1.82, 2.24) is 5.32 Å². The number of aliphatic carboxylic acids is 1. The Hall–Kier alpha value is -0.920. The second-order valence-corrected chi connectivity index (χ2v) is 6.64. The summed E-state index contributed by atoms with van der Waals surface area (Å²) in [6.07, 6.45) is 0.693. The predicted octanol–water partition coefficient (Wildman–Crippen LogP) is 1.27. The van der Waals surface area contributed by atoms with E-state index in [2.05, 4.69) is 21.2 Å². The highest BCUT2D eigenvalue weighted by Crippen LogP contribution is 2.28. The minimum atomic E-state index is -1.38. The Balaban J connectivity index is 1.83.